The van der Waals surface area contributed by atoms with Gasteiger partial charge in [0, 0.05) is 17.0 Å². The summed E-state index contributed by atoms with van der Waals surface area (Å²) in [4.78, 5) is 12.3. The van der Waals surface area contributed by atoms with Gasteiger partial charge >= 0.3 is 0 Å². The predicted molar refractivity (Wildman–Crippen MR) is 107 cm³/mol. The lowest BCUT2D eigenvalue weighted by molar-refractivity contribution is -0.914. The molecule has 4 nitrogen and oxygen atoms in total. The minimum absolute atomic E-state index is 1.02. The van der Waals surface area contributed by atoms with E-state index in [0.717, 1.165) is 44.2 Å². The van der Waals surface area contributed by atoms with Crippen LogP contribution in [0.3, 0.4) is 0 Å². The van der Waals surface area contributed by atoms with Crippen LogP contribution >= 0.6 is 11.3 Å². The normalized spacial score (nSPS) is 15.3. The smallest absolute Gasteiger partial charge is 0.274 e. The Kier molecular flexibility index (Phi) is 5.27. The van der Waals surface area contributed by atoms with E-state index in [2.05, 4.69) is 58.6 Å². The summed E-state index contributed by atoms with van der Waals surface area (Å²) in [5, 5.41) is 3.37. The van der Waals surface area contributed by atoms with Gasteiger partial charge in [0.1, 0.15) is 43.4 Å². The Bertz CT molecular complexity index is 821. The van der Waals surface area contributed by atoms with Gasteiger partial charge in [-0.2, -0.15) is 0 Å². The zero-order chi connectivity index (χ0) is 17.8. The number of quaternary nitrogens is 1. The van der Waals surface area contributed by atoms with Gasteiger partial charge in [-0.05, 0) is 18.1 Å². The van der Waals surface area contributed by atoms with Crippen molar-refractivity contribution in [2.75, 3.05) is 31.1 Å². The van der Waals surface area contributed by atoms with Crippen LogP contribution in [0.1, 0.15) is 18.2 Å². The van der Waals surface area contributed by atoms with Crippen LogP contribution in [0.25, 0.3) is 10.6 Å². The molecule has 1 aliphatic rings. The molecule has 5 heteroatoms. The summed E-state index contributed by atoms with van der Waals surface area (Å²) in [6, 6.07) is 15.1. The maximum absolute atomic E-state index is 4.89. The number of H-pyrrole nitrogens is 1. The molecule has 134 valence electrons. The van der Waals surface area contributed by atoms with Crippen LogP contribution in [-0.4, -0.2) is 31.2 Å². The van der Waals surface area contributed by atoms with Crippen LogP contribution in [0.15, 0.2) is 54.0 Å². The Morgan fingerprint density at radius 1 is 1.12 bits per heavy atom. The largest absolute Gasteiger partial charge is 0.323 e. The van der Waals surface area contributed by atoms with Gasteiger partial charge in [-0.15, -0.1) is 11.3 Å². The molecule has 3 heterocycles. The molecule has 2 N–H and O–H groups in total. The standard InChI is InChI=1S/C21H24N4S/c1-2-17-6-8-18(9-7-17)21-23-19(16-26-21)15-24-11-13-25(14-12-24)20-5-3-4-10-22-20/h3-10,16H,2,11-15H2,1H3/p+2. The molecule has 0 saturated carbocycles. The number of aromatic nitrogens is 2. The van der Waals surface area contributed by atoms with Gasteiger partial charge in [-0.25, -0.2) is 9.97 Å². The van der Waals surface area contributed by atoms with Crippen molar-refractivity contribution in [3.05, 3.63) is 65.3 Å². The zero-order valence-electron chi connectivity index (χ0n) is 15.2. The van der Waals surface area contributed by atoms with Gasteiger partial charge < -0.3 is 4.90 Å². The average Bonchev–Trinajstić information content (AvgIpc) is 3.18. The fraction of sp³-hybridized carbons (Fsp3) is 0.333. The molecule has 1 aromatic carbocycles. The minimum atomic E-state index is 1.02. The molecule has 1 fully saturated rings. The highest BCUT2D eigenvalue weighted by Crippen LogP contribution is 2.24. The molecular formula is C21H26N4S+2. The first-order valence-electron chi connectivity index (χ1n) is 9.41. The van der Waals surface area contributed by atoms with Gasteiger partial charge in [0.05, 0.1) is 6.20 Å². The van der Waals surface area contributed by atoms with E-state index >= 15 is 0 Å². The highest BCUT2D eigenvalue weighted by molar-refractivity contribution is 7.13. The van der Waals surface area contributed by atoms with Gasteiger partial charge in [-0.1, -0.05) is 37.3 Å². The van der Waals surface area contributed by atoms with Crippen molar-refractivity contribution in [3.63, 3.8) is 0 Å². The van der Waals surface area contributed by atoms with Crippen molar-refractivity contribution in [1.29, 1.82) is 0 Å². The number of anilines is 1. The van der Waals surface area contributed by atoms with E-state index in [9.17, 15) is 0 Å². The van der Waals surface area contributed by atoms with Gasteiger partial charge in [0.15, 0.2) is 0 Å². The molecule has 4 rings (SSSR count). The fourth-order valence-corrected chi connectivity index (χ4v) is 4.31. The van der Waals surface area contributed by atoms with Crippen LogP contribution in [0.2, 0.25) is 0 Å². The molecule has 0 bridgehead atoms. The Morgan fingerprint density at radius 3 is 2.62 bits per heavy atom. The third kappa shape index (κ3) is 3.94. The number of rotatable bonds is 5. The average molecular weight is 367 g/mol. The molecule has 0 spiro atoms. The third-order valence-electron chi connectivity index (χ3n) is 5.10. The van der Waals surface area contributed by atoms with Crippen LogP contribution in [0, 0.1) is 0 Å². The summed E-state index contributed by atoms with van der Waals surface area (Å²) in [5.74, 6) is 1.22. The van der Waals surface area contributed by atoms with E-state index in [0.29, 0.717) is 0 Å². The number of pyridine rings is 1. The number of hydrogen-bond donors (Lipinski definition) is 1. The van der Waals surface area contributed by atoms with E-state index in [1.54, 1.807) is 16.2 Å². The Morgan fingerprint density at radius 2 is 1.92 bits per heavy atom. The second-order valence-corrected chi connectivity index (χ2v) is 7.71. The maximum atomic E-state index is 4.89. The van der Waals surface area contributed by atoms with Crippen LogP contribution in [0.4, 0.5) is 5.82 Å². The van der Waals surface area contributed by atoms with Gasteiger partial charge in [0.2, 0.25) is 0 Å². The number of piperazine rings is 1. The maximum Gasteiger partial charge on any atom is 0.274 e. The van der Waals surface area contributed by atoms with Gasteiger partial charge in [-0.3, -0.25) is 4.90 Å². The molecule has 0 atom stereocenters. The summed E-state index contributed by atoms with van der Waals surface area (Å²) >= 11 is 1.76. The molecular weight excluding hydrogens is 340 g/mol. The number of benzene rings is 1. The summed E-state index contributed by atoms with van der Waals surface area (Å²) in [6.07, 6.45) is 3.08. The number of aryl methyl sites for hydroxylation is 1. The predicted octanol–water partition coefficient (Wildman–Crippen LogP) is 2.09. The molecule has 1 aliphatic heterocycles. The third-order valence-corrected chi connectivity index (χ3v) is 6.04. The molecule has 2 aromatic heterocycles. The number of aromatic amines is 1. The zero-order valence-corrected chi connectivity index (χ0v) is 16.1. The van der Waals surface area contributed by atoms with Crippen molar-refractivity contribution in [2.24, 2.45) is 0 Å². The fourth-order valence-electron chi connectivity index (χ4n) is 3.48. The van der Waals surface area contributed by atoms with E-state index in [1.165, 1.54) is 22.6 Å². The van der Waals surface area contributed by atoms with Crippen molar-refractivity contribution in [2.45, 2.75) is 19.9 Å². The second kappa shape index (κ2) is 7.98. The highest BCUT2D eigenvalue weighted by atomic mass is 32.1. The molecule has 0 amide bonds. The lowest BCUT2D eigenvalue weighted by atomic mass is 10.1. The summed E-state index contributed by atoms with van der Waals surface area (Å²) in [7, 11) is 0. The van der Waals surface area contributed by atoms with E-state index in [4.69, 9.17) is 4.98 Å². The molecule has 1 saturated heterocycles. The van der Waals surface area contributed by atoms with Gasteiger partial charge in [0.25, 0.3) is 5.82 Å². The SMILES string of the molecule is CCc1ccc(-c2nc(C[NH+]3CCN(c4cccc[nH+]4)CC3)cs2)cc1. The molecule has 0 unspecified atom stereocenters. The lowest BCUT2D eigenvalue weighted by Gasteiger charge is -2.27. The van der Waals surface area contributed by atoms with Crippen molar-refractivity contribution in [3.8, 4) is 10.6 Å². The molecule has 0 aliphatic carbocycles. The first-order valence-corrected chi connectivity index (χ1v) is 10.3. The summed E-state index contributed by atoms with van der Waals surface area (Å²) in [6.45, 7) is 7.70. The molecule has 0 radical (unpaired) electrons. The monoisotopic (exact) mass is 366 g/mol. The number of hydrogen-bond acceptors (Lipinski definition) is 3. The quantitative estimate of drug-likeness (QED) is 0.750. The number of nitrogens with zero attached hydrogens (tertiary/aromatic N) is 2. The van der Waals surface area contributed by atoms with Crippen molar-refractivity contribution in [1.82, 2.24) is 4.98 Å². The van der Waals surface area contributed by atoms with Crippen LogP contribution in [0.5, 0.6) is 0 Å². The molecule has 26 heavy (non-hydrogen) atoms. The van der Waals surface area contributed by atoms with Crippen molar-refractivity contribution < 1.29 is 9.88 Å². The van der Waals surface area contributed by atoms with E-state index in [-0.39, 0.29) is 0 Å². The lowest BCUT2D eigenvalue weighted by Crippen LogP contribution is -3.13. The topological polar surface area (TPSA) is 34.7 Å². The van der Waals surface area contributed by atoms with Crippen LogP contribution in [-0.2, 0) is 13.0 Å². The second-order valence-electron chi connectivity index (χ2n) is 6.86. The summed E-state index contributed by atoms with van der Waals surface area (Å²) in [5.41, 5.74) is 3.83. The first-order chi connectivity index (χ1) is 12.8. The first kappa shape index (κ1) is 17.2. The Balaban J connectivity index is 1.35. The highest BCUT2D eigenvalue weighted by Gasteiger charge is 2.26. The summed E-state index contributed by atoms with van der Waals surface area (Å²) < 4.78 is 0. The number of thiazole rings is 1. The Hall–Kier alpha value is -2.24. The Labute approximate surface area is 159 Å². The van der Waals surface area contributed by atoms with Crippen LogP contribution < -0.4 is 14.8 Å². The minimum Gasteiger partial charge on any atom is -0.323 e. The molecule has 3 aromatic rings. The van der Waals surface area contributed by atoms with E-state index < -0.39 is 0 Å². The number of nitrogens with one attached hydrogen (secondary N) is 2. The van der Waals surface area contributed by atoms with Crippen molar-refractivity contribution >= 4 is 17.2 Å². The van der Waals surface area contributed by atoms with E-state index in [1.807, 2.05) is 12.3 Å².